The van der Waals surface area contributed by atoms with Crippen molar-refractivity contribution < 1.29 is 45.4 Å². The van der Waals surface area contributed by atoms with E-state index >= 15 is 0 Å². The number of hydrogen-bond acceptors (Lipinski definition) is 4. The van der Waals surface area contributed by atoms with Gasteiger partial charge in [-0.3, -0.25) is 0 Å². The summed E-state index contributed by atoms with van der Waals surface area (Å²) in [4.78, 5) is 23.4. The minimum Gasteiger partial charge on any atom is -0.455 e. The Bertz CT molecular complexity index is 848. The lowest BCUT2D eigenvalue weighted by Crippen LogP contribution is -2.58. The van der Waals surface area contributed by atoms with Gasteiger partial charge in [-0.05, 0) is 38.1 Å². The highest BCUT2D eigenvalue weighted by Gasteiger charge is 2.72. The van der Waals surface area contributed by atoms with Crippen molar-refractivity contribution in [1.29, 1.82) is 0 Å². The Balaban J connectivity index is 2.03. The number of ether oxygens (including phenoxy) is 2. The number of alkyl halides is 6. The van der Waals surface area contributed by atoms with Crippen LogP contribution < -0.4 is 0 Å². The summed E-state index contributed by atoms with van der Waals surface area (Å²) in [5.41, 5.74) is 1.02. The lowest BCUT2D eigenvalue weighted by atomic mass is 10.1. The predicted molar refractivity (Wildman–Crippen MR) is 97.8 cm³/mol. The summed E-state index contributed by atoms with van der Waals surface area (Å²) in [6.07, 6.45) is 0. The van der Waals surface area contributed by atoms with Gasteiger partial charge in [0.25, 0.3) is 0 Å². The van der Waals surface area contributed by atoms with Crippen LogP contribution >= 0.6 is 0 Å². The Hall–Kier alpha value is -3.04. The average molecular weight is 448 g/mol. The van der Waals surface area contributed by atoms with E-state index in [1.54, 1.807) is 13.8 Å². The number of aryl methyl sites for hydroxylation is 2. The second-order valence-electron chi connectivity index (χ2n) is 6.87. The molecule has 2 aromatic carbocycles. The van der Waals surface area contributed by atoms with E-state index in [1.165, 1.54) is 48.5 Å². The first-order valence-corrected chi connectivity index (χ1v) is 8.88. The Kier molecular flexibility index (Phi) is 7.03. The molecular formula is C21H18F6O4. The average Bonchev–Trinajstić information content (AvgIpc) is 2.71. The molecule has 0 bridgehead atoms. The Morgan fingerprint density at radius 1 is 0.645 bits per heavy atom. The van der Waals surface area contributed by atoms with E-state index in [-0.39, 0.29) is 11.1 Å². The van der Waals surface area contributed by atoms with Crippen LogP contribution in [0, 0.1) is 13.8 Å². The Labute approximate surface area is 173 Å². The van der Waals surface area contributed by atoms with Crippen LogP contribution in [0.2, 0.25) is 0 Å². The molecule has 0 saturated carbocycles. The zero-order valence-electron chi connectivity index (χ0n) is 16.4. The van der Waals surface area contributed by atoms with Gasteiger partial charge in [-0.15, -0.1) is 0 Å². The molecule has 0 atom stereocenters. The lowest BCUT2D eigenvalue weighted by Gasteiger charge is -2.32. The number of benzene rings is 2. The van der Waals surface area contributed by atoms with E-state index in [0.29, 0.717) is 0 Å². The normalized spacial score (nSPS) is 12.4. The molecule has 2 aromatic rings. The lowest BCUT2D eigenvalue weighted by molar-refractivity contribution is -0.322. The monoisotopic (exact) mass is 448 g/mol. The summed E-state index contributed by atoms with van der Waals surface area (Å²) < 4.78 is 91.6. The fourth-order valence-corrected chi connectivity index (χ4v) is 2.31. The molecular weight excluding hydrogens is 430 g/mol. The van der Waals surface area contributed by atoms with Crippen molar-refractivity contribution in [3.8, 4) is 0 Å². The number of carbonyl (C=O) groups excluding carboxylic acids is 2. The molecule has 0 amide bonds. The summed E-state index contributed by atoms with van der Waals surface area (Å²) in [5, 5.41) is 0. The number of rotatable bonds is 8. The van der Waals surface area contributed by atoms with Gasteiger partial charge in [0.1, 0.15) is 0 Å². The number of carbonyl (C=O) groups is 2. The van der Waals surface area contributed by atoms with Crippen molar-refractivity contribution in [3.63, 3.8) is 0 Å². The van der Waals surface area contributed by atoms with E-state index < -0.39 is 42.9 Å². The third-order valence-electron chi connectivity index (χ3n) is 4.26. The Morgan fingerprint density at radius 2 is 0.935 bits per heavy atom. The van der Waals surface area contributed by atoms with Gasteiger partial charge in [0, 0.05) is 0 Å². The number of halogens is 6. The van der Waals surface area contributed by atoms with Gasteiger partial charge in [-0.1, -0.05) is 35.4 Å². The van der Waals surface area contributed by atoms with Crippen LogP contribution in [-0.4, -0.2) is 42.9 Å². The fourth-order valence-electron chi connectivity index (χ4n) is 2.31. The van der Waals surface area contributed by atoms with E-state index in [4.69, 9.17) is 0 Å². The van der Waals surface area contributed by atoms with Gasteiger partial charge >= 0.3 is 29.7 Å². The highest BCUT2D eigenvalue weighted by Crippen LogP contribution is 2.46. The molecule has 0 unspecified atom stereocenters. The zero-order chi connectivity index (χ0) is 23.4. The SMILES string of the molecule is Cc1ccc(C(=O)OCC(F)(F)C(F)(F)C(F)(F)COC(=O)c2ccc(C)cc2)cc1. The molecule has 4 nitrogen and oxygen atoms in total. The maximum absolute atomic E-state index is 13.9. The molecule has 10 heteroatoms. The summed E-state index contributed by atoms with van der Waals surface area (Å²) >= 11 is 0. The quantitative estimate of drug-likeness (QED) is 0.410. The van der Waals surface area contributed by atoms with Crippen molar-refractivity contribution in [1.82, 2.24) is 0 Å². The van der Waals surface area contributed by atoms with Crippen molar-refractivity contribution >= 4 is 11.9 Å². The molecule has 2 rings (SSSR count). The second-order valence-corrected chi connectivity index (χ2v) is 6.87. The third-order valence-corrected chi connectivity index (χ3v) is 4.26. The van der Waals surface area contributed by atoms with E-state index in [0.717, 1.165) is 11.1 Å². The van der Waals surface area contributed by atoms with Crippen LogP contribution in [0.5, 0.6) is 0 Å². The minimum atomic E-state index is -5.97. The van der Waals surface area contributed by atoms with Crippen LogP contribution in [-0.2, 0) is 9.47 Å². The van der Waals surface area contributed by atoms with Crippen molar-refractivity contribution in [2.45, 2.75) is 31.6 Å². The maximum atomic E-state index is 13.9. The molecule has 0 spiro atoms. The van der Waals surface area contributed by atoms with Crippen LogP contribution in [0.3, 0.4) is 0 Å². The largest absolute Gasteiger partial charge is 0.455 e. The van der Waals surface area contributed by atoms with Crippen LogP contribution in [0.15, 0.2) is 48.5 Å². The summed E-state index contributed by atoms with van der Waals surface area (Å²) in [7, 11) is 0. The standard InChI is InChI=1S/C21H18F6O4/c1-13-3-7-15(8-4-13)17(28)30-11-19(22,23)21(26,27)20(24,25)12-31-18(29)16-9-5-14(2)6-10-16/h3-10H,11-12H2,1-2H3. The first-order chi connectivity index (χ1) is 14.3. The van der Waals surface area contributed by atoms with Crippen LogP contribution in [0.25, 0.3) is 0 Å². The van der Waals surface area contributed by atoms with Gasteiger partial charge in [-0.2, -0.15) is 26.3 Å². The summed E-state index contributed by atoms with van der Waals surface area (Å²) in [6, 6.07) is 10.6. The molecule has 0 aliphatic heterocycles. The van der Waals surface area contributed by atoms with Crippen molar-refractivity contribution in [3.05, 3.63) is 70.8 Å². The molecule has 168 valence electrons. The third kappa shape index (κ3) is 5.56. The number of esters is 2. The zero-order valence-corrected chi connectivity index (χ0v) is 16.4. The topological polar surface area (TPSA) is 52.6 Å². The summed E-state index contributed by atoms with van der Waals surface area (Å²) in [5.74, 6) is -19.6. The van der Waals surface area contributed by atoms with Gasteiger partial charge in [0.2, 0.25) is 0 Å². The maximum Gasteiger partial charge on any atom is 0.378 e. The first-order valence-electron chi connectivity index (χ1n) is 8.88. The van der Waals surface area contributed by atoms with Crippen molar-refractivity contribution in [2.24, 2.45) is 0 Å². The predicted octanol–water partition coefficient (Wildman–Crippen LogP) is 5.22. The molecule has 0 aliphatic rings. The smallest absolute Gasteiger partial charge is 0.378 e. The molecule has 0 aromatic heterocycles. The molecule has 0 aliphatic carbocycles. The first kappa shape index (κ1) is 24.2. The van der Waals surface area contributed by atoms with E-state index in [1.807, 2.05) is 0 Å². The fraction of sp³-hybridized carbons (Fsp3) is 0.333. The number of hydrogen-bond donors (Lipinski definition) is 0. The second kappa shape index (κ2) is 8.99. The Morgan fingerprint density at radius 3 is 1.23 bits per heavy atom. The molecule has 31 heavy (non-hydrogen) atoms. The van der Waals surface area contributed by atoms with Crippen molar-refractivity contribution in [2.75, 3.05) is 13.2 Å². The summed E-state index contributed by atoms with van der Waals surface area (Å²) in [6.45, 7) is -1.24. The molecule has 0 saturated heterocycles. The highest BCUT2D eigenvalue weighted by atomic mass is 19.3. The van der Waals surface area contributed by atoms with Gasteiger partial charge < -0.3 is 9.47 Å². The molecule has 0 heterocycles. The van der Waals surface area contributed by atoms with Gasteiger partial charge in [0.05, 0.1) is 11.1 Å². The highest BCUT2D eigenvalue weighted by molar-refractivity contribution is 5.89. The minimum absolute atomic E-state index is 0.219. The van der Waals surface area contributed by atoms with E-state index in [2.05, 4.69) is 9.47 Å². The molecule has 0 radical (unpaired) electrons. The van der Waals surface area contributed by atoms with E-state index in [9.17, 15) is 35.9 Å². The molecule has 0 N–H and O–H groups in total. The van der Waals surface area contributed by atoms with Gasteiger partial charge in [0.15, 0.2) is 13.2 Å². The van der Waals surface area contributed by atoms with Gasteiger partial charge in [-0.25, -0.2) is 9.59 Å². The van der Waals surface area contributed by atoms with Crippen LogP contribution in [0.4, 0.5) is 26.3 Å². The van der Waals surface area contributed by atoms with Crippen LogP contribution in [0.1, 0.15) is 31.8 Å². The molecule has 0 fully saturated rings.